The molecule has 1 unspecified atom stereocenters. The zero-order valence-electron chi connectivity index (χ0n) is 12.1. The summed E-state index contributed by atoms with van der Waals surface area (Å²) in [6.07, 6.45) is 7.62. The van der Waals surface area contributed by atoms with Gasteiger partial charge in [0.1, 0.15) is 6.04 Å². The Hall–Kier alpha value is -0.560. The molecule has 0 aromatic carbocycles. The summed E-state index contributed by atoms with van der Waals surface area (Å²) >= 11 is 3.31. The molecule has 20 heavy (non-hydrogen) atoms. The second-order valence-electron chi connectivity index (χ2n) is 4.81. The molecule has 0 aromatic heterocycles. The predicted molar refractivity (Wildman–Crippen MR) is 85.2 cm³/mol. The van der Waals surface area contributed by atoms with E-state index < -0.39 is 12.0 Å². The van der Waals surface area contributed by atoms with Crippen LogP contribution in [-0.4, -0.2) is 48.3 Å². The van der Waals surface area contributed by atoms with Crippen molar-refractivity contribution in [1.82, 2.24) is 10.6 Å². The highest BCUT2D eigenvalue weighted by Gasteiger charge is 2.23. The summed E-state index contributed by atoms with van der Waals surface area (Å²) in [5, 5.41) is 6.55. The van der Waals surface area contributed by atoms with Gasteiger partial charge in [0, 0.05) is 16.9 Å². The minimum atomic E-state index is -0.583. The quantitative estimate of drug-likeness (QED) is 0.428. The number of urea groups is 1. The lowest BCUT2D eigenvalue weighted by Gasteiger charge is -2.24. The maximum absolute atomic E-state index is 11.9. The fraction of sp³-hybridized carbons (Fsp3) is 0.846. The number of nitrogens with one attached hydrogen (secondary N) is 2. The molecular weight excluding hydrogens is 296 g/mol. The summed E-state index contributed by atoms with van der Waals surface area (Å²) in [6.45, 7) is 0. The monoisotopic (exact) mass is 320 g/mol. The number of ether oxygens (including phenoxy) is 1. The molecule has 0 saturated heterocycles. The Morgan fingerprint density at radius 2 is 2.00 bits per heavy atom. The number of rotatable bonds is 7. The van der Waals surface area contributed by atoms with Crippen LogP contribution in [0.1, 0.15) is 32.1 Å². The van der Waals surface area contributed by atoms with Crippen LogP contribution in [0.2, 0.25) is 0 Å². The molecule has 7 heteroatoms. The van der Waals surface area contributed by atoms with Gasteiger partial charge in [-0.2, -0.15) is 11.8 Å². The normalized spacial score (nSPS) is 17.3. The molecule has 5 nitrogen and oxygen atoms in total. The maximum atomic E-state index is 11.9. The Balaban J connectivity index is 2.37. The molecule has 0 aliphatic heterocycles. The zero-order valence-corrected chi connectivity index (χ0v) is 13.8. The van der Waals surface area contributed by atoms with E-state index in [9.17, 15) is 9.59 Å². The molecule has 2 amide bonds. The second kappa shape index (κ2) is 10.2. The first-order chi connectivity index (χ1) is 9.67. The van der Waals surface area contributed by atoms with Crippen molar-refractivity contribution in [3.05, 3.63) is 0 Å². The van der Waals surface area contributed by atoms with Gasteiger partial charge < -0.3 is 15.4 Å². The van der Waals surface area contributed by atoms with E-state index >= 15 is 0 Å². The van der Waals surface area contributed by atoms with Gasteiger partial charge in [0.2, 0.25) is 0 Å². The summed E-state index contributed by atoms with van der Waals surface area (Å²) in [5.41, 5.74) is 0. The fourth-order valence-electron chi connectivity index (χ4n) is 2.19. The summed E-state index contributed by atoms with van der Waals surface area (Å²) in [4.78, 5) is 23.6. The van der Waals surface area contributed by atoms with Gasteiger partial charge >= 0.3 is 12.0 Å². The summed E-state index contributed by atoms with van der Waals surface area (Å²) in [6, 6.07) is -0.612. The molecule has 0 bridgehead atoms. The van der Waals surface area contributed by atoms with Crippen molar-refractivity contribution < 1.29 is 14.3 Å². The standard InChI is InChI=1S/C13H24N2O3S2/c1-18-12(16)11(8-20-9-19-2)15-13(17)14-10-6-4-3-5-7-10/h10-11H,3-9H2,1-2H3,(H2,14,15,17). The van der Waals surface area contributed by atoms with Gasteiger partial charge in [-0.1, -0.05) is 19.3 Å². The molecule has 2 N–H and O–H groups in total. The Morgan fingerprint density at radius 3 is 2.60 bits per heavy atom. The molecular formula is C13H24N2O3S2. The van der Waals surface area contributed by atoms with Crippen molar-refractivity contribution in [1.29, 1.82) is 0 Å². The molecule has 1 fully saturated rings. The number of hydrogen-bond donors (Lipinski definition) is 2. The van der Waals surface area contributed by atoms with Crippen LogP contribution in [0.5, 0.6) is 0 Å². The van der Waals surface area contributed by atoms with Gasteiger partial charge in [-0.25, -0.2) is 9.59 Å². The van der Waals surface area contributed by atoms with Gasteiger partial charge in [0.05, 0.1) is 7.11 Å². The van der Waals surface area contributed by atoms with Crippen molar-refractivity contribution in [3.63, 3.8) is 0 Å². The first kappa shape index (κ1) is 17.5. The Labute approximate surface area is 129 Å². The third-order valence-corrected chi connectivity index (χ3v) is 5.40. The van der Waals surface area contributed by atoms with Crippen LogP contribution in [0.15, 0.2) is 0 Å². The molecule has 1 saturated carbocycles. The number of carbonyl (C=O) groups is 2. The smallest absolute Gasteiger partial charge is 0.329 e. The average Bonchev–Trinajstić information content (AvgIpc) is 2.46. The van der Waals surface area contributed by atoms with Gasteiger partial charge in [-0.15, -0.1) is 11.8 Å². The van der Waals surface area contributed by atoms with Crippen molar-refractivity contribution in [2.45, 2.75) is 44.2 Å². The van der Waals surface area contributed by atoms with E-state index in [1.54, 1.807) is 23.5 Å². The lowest BCUT2D eigenvalue weighted by molar-refractivity contribution is -0.142. The third kappa shape index (κ3) is 6.74. The van der Waals surface area contributed by atoms with Gasteiger partial charge in [0.15, 0.2) is 0 Å². The number of thioether (sulfide) groups is 2. The Morgan fingerprint density at radius 1 is 1.30 bits per heavy atom. The molecule has 116 valence electrons. The molecule has 0 radical (unpaired) electrons. The lowest BCUT2D eigenvalue weighted by Crippen LogP contribution is -2.50. The van der Waals surface area contributed by atoms with Crippen molar-refractivity contribution in [2.24, 2.45) is 0 Å². The molecule has 1 rings (SSSR count). The second-order valence-corrected chi connectivity index (χ2v) is 7.07. The Bertz CT molecular complexity index is 310. The maximum Gasteiger partial charge on any atom is 0.329 e. The number of methoxy groups -OCH3 is 1. The largest absolute Gasteiger partial charge is 0.467 e. The van der Waals surface area contributed by atoms with Crippen LogP contribution >= 0.6 is 23.5 Å². The molecule has 0 heterocycles. The number of hydrogen-bond acceptors (Lipinski definition) is 5. The minimum Gasteiger partial charge on any atom is -0.467 e. The highest BCUT2D eigenvalue weighted by Crippen LogP contribution is 2.17. The van der Waals surface area contributed by atoms with Crippen molar-refractivity contribution in [3.8, 4) is 0 Å². The minimum absolute atomic E-state index is 0.237. The number of amides is 2. The summed E-state index contributed by atoms with van der Waals surface area (Å²) < 4.78 is 4.73. The molecule has 0 spiro atoms. The van der Waals surface area contributed by atoms with Gasteiger partial charge in [-0.3, -0.25) is 0 Å². The van der Waals surface area contributed by atoms with Crippen LogP contribution in [0.4, 0.5) is 4.79 Å². The SMILES string of the molecule is COC(=O)C(CSCSC)NC(=O)NC1CCCCC1. The van der Waals surface area contributed by atoms with E-state index in [4.69, 9.17) is 4.74 Å². The van der Waals surface area contributed by atoms with E-state index in [2.05, 4.69) is 10.6 Å². The highest BCUT2D eigenvalue weighted by molar-refractivity contribution is 8.15. The van der Waals surface area contributed by atoms with Crippen molar-refractivity contribution >= 4 is 35.5 Å². The van der Waals surface area contributed by atoms with E-state index in [1.165, 1.54) is 13.5 Å². The number of esters is 1. The van der Waals surface area contributed by atoms with Crippen LogP contribution in [-0.2, 0) is 9.53 Å². The van der Waals surface area contributed by atoms with E-state index in [0.717, 1.165) is 30.8 Å². The zero-order chi connectivity index (χ0) is 14.8. The average molecular weight is 320 g/mol. The Kier molecular flexibility index (Phi) is 8.93. The van der Waals surface area contributed by atoms with E-state index in [1.807, 2.05) is 6.26 Å². The number of carbonyl (C=O) groups excluding carboxylic acids is 2. The molecule has 1 aliphatic rings. The topological polar surface area (TPSA) is 67.4 Å². The van der Waals surface area contributed by atoms with Crippen molar-refractivity contribution in [2.75, 3.05) is 24.2 Å². The van der Waals surface area contributed by atoms with Gasteiger partial charge in [0.25, 0.3) is 0 Å². The first-order valence-electron chi connectivity index (χ1n) is 6.89. The van der Waals surface area contributed by atoms with Crippen LogP contribution in [0.25, 0.3) is 0 Å². The predicted octanol–water partition coefficient (Wildman–Crippen LogP) is 2.21. The lowest BCUT2D eigenvalue weighted by atomic mass is 9.96. The van der Waals surface area contributed by atoms with Crippen LogP contribution in [0.3, 0.4) is 0 Å². The molecule has 1 atom stereocenters. The third-order valence-electron chi connectivity index (χ3n) is 3.22. The molecule has 0 aromatic rings. The van der Waals surface area contributed by atoms with E-state index in [-0.39, 0.29) is 12.1 Å². The van der Waals surface area contributed by atoms with Gasteiger partial charge in [-0.05, 0) is 19.1 Å². The summed E-state index contributed by atoms with van der Waals surface area (Å²) in [5.74, 6) is 0.142. The van der Waals surface area contributed by atoms with E-state index in [0.29, 0.717) is 5.75 Å². The first-order valence-corrected chi connectivity index (χ1v) is 9.43. The van der Waals surface area contributed by atoms with Crippen LogP contribution < -0.4 is 10.6 Å². The molecule has 1 aliphatic carbocycles. The van der Waals surface area contributed by atoms with Crippen LogP contribution in [0, 0.1) is 0 Å². The highest BCUT2D eigenvalue weighted by atomic mass is 32.2. The summed E-state index contributed by atoms with van der Waals surface area (Å²) in [7, 11) is 1.34. The fourth-order valence-corrected chi connectivity index (χ4v) is 3.70.